The number of quaternary nitrogens is 1. The van der Waals surface area contributed by atoms with Crippen LogP contribution in [0.2, 0.25) is 0 Å². The first-order valence-corrected chi connectivity index (χ1v) is 24.1. The van der Waals surface area contributed by atoms with Crippen LogP contribution in [0.1, 0.15) is 238 Å². The Balaban J connectivity index is 2.53. The van der Waals surface area contributed by atoms with E-state index in [9.17, 15) is 0 Å². The normalized spacial score (nSPS) is 12.4. The predicted octanol–water partition coefficient (Wildman–Crippen LogP) is 17.6. The van der Waals surface area contributed by atoms with Crippen molar-refractivity contribution < 1.29 is 4.48 Å². The highest BCUT2D eigenvalue weighted by atomic mass is 15.3. The lowest BCUT2D eigenvalue weighted by Gasteiger charge is -2.39. The van der Waals surface area contributed by atoms with Crippen molar-refractivity contribution in [3.8, 4) is 0 Å². The molecular formula is C52H94N+. The number of allylic oxidation sites excluding steroid dienone is 6. The van der Waals surface area contributed by atoms with E-state index >= 15 is 0 Å². The molecule has 0 fully saturated rings. The Kier molecular flexibility index (Phi) is 37.4. The van der Waals surface area contributed by atoms with E-state index in [-0.39, 0.29) is 0 Å². The molecule has 0 N–H and O–H groups in total. The maximum absolute atomic E-state index is 2.41. The van der Waals surface area contributed by atoms with Crippen LogP contribution in [0.3, 0.4) is 0 Å². The van der Waals surface area contributed by atoms with Gasteiger partial charge in [-0.2, -0.15) is 0 Å². The van der Waals surface area contributed by atoms with Crippen LogP contribution in [0.5, 0.6) is 0 Å². The number of unbranched alkanes of at least 4 members (excludes halogenated alkanes) is 27. The zero-order valence-electron chi connectivity index (χ0n) is 36.5. The van der Waals surface area contributed by atoms with Gasteiger partial charge in [-0.1, -0.05) is 203 Å². The number of rotatable bonds is 41. The highest BCUT2D eigenvalue weighted by Crippen LogP contribution is 2.23. The lowest BCUT2D eigenvalue weighted by molar-refractivity contribution is -0.941. The van der Waals surface area contributed by atoms with Crippen molar-refractivity contribution >= 4 is 0 Å². The Morgan fingerprint density at radius 1 is 0.321 bits per heavy atom. The van der Waals surface area contributed by atoms with E-state index in [1.807, 2.05) is 0 Å². The monoisotopic (exact) mass is 733 g/mol. The zero-order chi connectivity index (χ0) is 38.0. The van der Waals surface area contributed by atoms with Crippen LogP contribution in [0.25, 0.3) is 0 Å². The zero-order valence-corrected chi connectivity index (χ0v) is 36.5. The molecular weight excluding hydrogens is 639 g/mol. The first-order chi connectivity index (χ1) is 26.3. The van der Waals surface area contributed by atoms with Gasteiger partial charge in [-0.25, -0.2) is 0 Å². The highest BCUT2D eigenvalue weighted by Gasteiger charge is 2.26. The summed E-state index contributed by atoms with van der Waals surface area (Å²) < 4.78 is 1.34. The van der Waals surface area contributed by atoms with Gasteiger partial charge in [0.15, 0.2) is 0 Å². The Morgan fingerprint density at radius 3 is 0.868 bits per heavy atom. The van der Waals surface area contributed by atoms with E-state index in [2.05, 4.69) is 87.6 Å². The fourth-order valence-electron chi connectivity index (χ4n) is 8.24. The van der Waals surface area contributed by atoms with Gasteiger partial charge in [-0.3, -0.25) is 0 Å². The van der Waals surface area contributed by atoms with Crippen molar-refractivity contribution in [1.82, 2.24) is 0 Å². The van der Waals surface area contributed by atoms with Crippen molar-refractivity contribution in [1.29, 1.82) is 0 Å². The minimum absolute atomic E-state index is 1.18. The van der Waals surface area contributed by atoms with Crippen LogP contribution in [-0.4, -0.2) is 24.1 Å². The highest BCUT2D eigenvalue weighted by molar-refractivity contribution is 5.13. The second-order valence-corrected chi connectivity index (χ2v) is 16.7. The summed E-state index contributed by atoms with van der Waals surface area (Å²) in [7, 11) is 0. The van der Waals surface area contributed by atoms with E-state index in [1.165, 1.54) is 243 Å². The van der Waals surface area contributed by atoms with Gasteiger partial charge < -0.3 is 4.48 Å². The summed E-state index contributed by atoms with van der Waals surface area (Å²) in [5, 5.41) is 0. The second-order valence-electron chi connectivity index (χ2n) is 16.7. The average Bonchev–Trinajstić information content (AvgIpc) is 3.17. The van der Waals surface area contributed by atoms with Gasteiger partial charge in [0.2, 0.25) is 0 Å². The smallest absolute Gasteiger partial charge is 0.104 e. The van der Waals surface area contributed by atoms with Crippen molar-refractivity contribution in [3.63, 3.8) is 0 Å². The van der Waals surface area contributed by atoms with Crippen molar-refractivity contribution in [3.05, 3.63) is 72.4 Å². The minimum Gasteiger partial charge on any atom is -0.320 e. The van der Waals surface area contributed by atoms with E-state index in [1.54, 1.807) is 5.56 Å². The molecule has 0 bridgehead atoms. The molecule has 1 nitrogen and oxygen atoms in total. The average molecular weight is 733 g/mol. The minimum atomic E-state index is 1.18. The maximum Gasteiger partial charge on any atom is 0.104 e. The number of hydrogen-bond acceptors (Lipinski definition) is 0. The number of hydrogen-bond donors (Lipinski definition) is 0. The molecule has 306 valence electrons. The molecule has 0 unspecified atom stereocenters. The van der Waals surface area contributed by atoms with Gasteiger partial charge in [-0.05, 0) is 96.3 Å². The molecule has 0 amide bonds. The molecule has 0 aromatic heterocycles. The van der Waals surface area contributed by atoms with E-state index < -0.39 is 0 Å². The van der Waals surface area contributed by atoms with Gasteiger partial charge in [-0.15, -0.1) is 0 Å². The molecule has 0 heterocycles. The molecule has 1 heteroatoms. The van der Waals surface area contributed by atoms with Crippen molar-refractivity contribution in [2.75, 3.05) is 19.6 Å². The molecule has 53 heavy (non-hydrogen) atoms. The van der Waals surface area contributed by atoms with Crippen LogP contribution in [0.15, 0.2) is 66.8 Å². The van der Waals surface area contributed by atoms with Crippen molar-refractivity contribution in [2.24, 2.45) is 0 Å². The molecule has 0 aliphatic carbocycles. The van der Waals surface area contributed by atoms with Crippen molar-refractivity contribution in [2.45, 2.75) is 239 Å². The van der Waals surface area contributed by atoms with Gasteiger partial charge in [0, 0.05) is 5.56 Å². The molecule has 0 saturated carbocycles. The first-order valence-electron chi connectivity index (χ1n) is 24.1. The number of nitrogens with zero attached hydrogens (tertiary/aromatic N) is 1. The van der Waals surface area contributed by atoms with Gasteiger partial charge in [0.1, 0.15) is 6.54 Å². The Bertz CT molecular complexity index is 837. The molecule has 0 spiro atoms. The molecule has 1 aromatic carbocycles. The molecule has 1 aromatic rings. The van der Waals surface area contributed by atoms with E-state index in [4.69, 9.17) is 0 Å². The Morgan fingerprint density at radius 2 is 0.585 bits per heavy atom. The largest absolute Gasteiger partial charge is 0.320 e. The van der Waals surface area contributed by atoms with Crippen LogP contribution >= 0.6 is 0 Å². The van der Waals surface area contributed by atoms with E-state index in [0.717, 1.165) is 0 Å². The fraction of sp³-hybridized carbons (Fsp3) is 0.769. The summed E-state index contributed by atoms with van der Waals surface area (Å²) in [6.45, 7) is 12.1. The molecule has 0 atom stereocenters. The molecule has 0 radical (unpaired) electrons. The lowest BCUT2D eigenvalue weighted by atomic mass is 10.0. The summed E-state index contributed by atoms with van der Waals surface area (Å²) in [5.74, 6) is 0. The quantitative estimate of drug-likeness (QED) is 0.0357. The fourth-order valence-corrected chi connectivity index (χ4v) is 8.24. The predicted molar refractivity (Wildman–Crippen MR) is 242 cm³/mol. The SMILES string of the molecule is CC/C=C/CCCCCCCCCCC[N+](CCCCCCCCCCC/C=C/CC)(CCCCCCCCCCC/C=C/CC)Cc1ccccc1. The van der Waals surface area contributed by atoms with Crippen LogP contribution < -0.4 is 0 Å². The van der Waals surface area contributed by atoms with Crippen LogP contribution in [-0.2, 0) is 6.54 Å². The number of benzene rings is 1. The van der Waals surface area contributed by atoms with Gasteiger partial charge >= 0.3 is 0 Å². The van der Waals surface area contributed by atoms with Gasteiger partial charge in [0.05, 0.1) is 19.6 Å². The third-order valence-electron chi connectivity index (χ3n) is 11.6. The summed E-state index contributed by atoms with van der Waals surface area (Å²) in [5.41, 5.74) is 1.56. The maximum atomic E-state index is 2.41. The van der Waals surface area contributed by atoms with Crippen LogP contribution in [0.4, 0.5) is 0 Å². The third kappa shape index (κ3) is 33.5. The Labute approximate surface area is 334 Å². The molecule has 0 saturated heterocycles. The van der Waals surface area contributed by atoms with Gasteiger partial charge in [0.25, 0.3) is 0 Å². The lowest BCUT2D eigenvalue weighted by Crippen LogP contribution is -2.49. The standard InChI is InChI=1S/C52H94N/c1-4-7-10-13-16-19-22-25-28-31-34-37-43-48-53(51-52-46-41-40-42-47-52,49-44-38-35-32-29-26-23-20-17-14-11-8-5-2)50-45-39-36-33-30-27-24-21-18-15-12-9-6-3/h7-12,40-42,46-47H,4-6,13-39,43-45,48-51H2,1-3H3/q+1/b10-7+,11-8+,12-9+. The summed E-state index contributed by atoms with van der Waals surface area (Å²) in [6.07, 6.45) is 60.1. The Hall–Kier alpha value is -1.60. The third-order valence-corrected chi connectivity index (χ3v) is 11.6. The first kappa shape index (κ1) is 49.4. The molecule has 0 aliphatic heterocycles. The second kappa shape index (κ2) is 40.1. The summed E-state index contributed by atoms with van der Waals surface area (Å²) in [6, 6.07) is 11.6. The summed E-state index contributed by atoms with van der Waals surface area (Å²) in [4.78, 5) is 0. The molecule has 1 rings (SSSR count). The topological polar surface area (TPSA) is 0 Å². The van der Waals surface area contributed by atoms with E-state index in [0.29, 0.717) is 0 Å². The molecule has 0 aliphatic rings. The van der Waals surface area contributed by atoms with Crippen LogP contribution in [0, 0.1) is 0 Å². The summed E-state index contributed by atoms with van der Waals surface area (Å²) >= 11 is 0.